The average molecular weight is 565 g/mol. The zero-order chi connectivity index (χ0) is 28.7. The molecule has 10 nitrogen and oxygen atoms in total. The molecule has 1 aromatic rings. The Morgan fingerprint density at radius 2 is 1.97 bits per heavy atom. The normalized spacial score (nSPS) is 37.6. The van der Waals surface area contributed by atoms with Gasteiger partial charge in [-0.1, -0.05) is 42.3 Å². The van der Waals surface area contributed by atoms with Crippen LogP contribution in [0.1, 0.15) is 39.2 Å². The van der Waals surface area contributed by atoms with Crippen molar-refractivity contribution in [2.75, 3.05) is 26.2 Å². The molecule has 11 heteroatoms. The van der Waals surface area contributed by atoms with E-state index in [0.29, 0.717) is 17.9 Å². The van der Waals surface area contributed by atoms with Gasteiger partial charge in [0.2, 0.25) is 5.91 Å². The Kier molecular flexibility index (Phi) is 8.35. The van der Waals surface area contributed by atoms with E-state index >= 15 is 0 Å². The first-order chi connectivity index (χ1) is 18.3. The van der Waals surface area contributed by atoms with E-state index in [4.69, 9.17) is 30.5 Å². The third-order valence-corrected chi connectivity index (χ3v) is 8.36. The highest BCUT2D eigenvalue weighted by molar-refractivity contribution is 6.35. The molecular formula is C28H37ClN2O8. The second-order valence-corrected chi connectivity index (χ2v) is 11.2. The van der Waals surface area contributed by atoms with E-state index in [0.717, 1.165) is 11.1 Å². The molecule has 3 aliphatic heterocycles. The van der Waals surface area contributed by atoms with Crippen molar-refractivity contribution in [1.29, 1.82) is 0 Å². The lowest BCUT2D eigenvalue weighted by Gasteiger charge is -2.42. The van der Waals surface area contributed by atoms with Crippen LogP contribution in [0.4, 0.5) is 10.5 Å². The molecule has 2 saturated heterocycles. The first kappa shape index (κ1) is 29.4. The summed E-state index contributed by atoms with van der Waals surface area (Å²) in [4.78, 5) is 27.1. The third kappa shape index (κ3) is 5.81. The number of aliphatic hydroxyl groups is 2. The molecule has 7 atom stereocenters. The van der Waals surface area contributed by atoms with Crippen LogP contribution in [0.25, 0.3) is 0 Å². The van der Waals surface area contributed by atoms with Gasteiger partial charge in [0.1, 0.15) is 28.6 Å². The van der Waals surface area contributed by atoms with E-state index in [1.165, 1.54) is 19.1 Å². The van der Waals surface area contributed by atoms with Crippen LogP contribution < -0.4 is 15.0 Å². The summed E-state index contributed by atoms with van der Waals surface area (Å²) in [7, 11) is 4.56. The average Bonchev–Trinajstić information content (AvgIpc) is 3.58. The van der Waals surface area contributed by atoms with Crippen LogP contribution in [0.15, 0.2) is 35.9 Å². The lowest BCUT2D eigenvalue weighted by atomic mass is 9.84. The molecule has 214 valence electrons. The first-order valence-electron chi connectivity index (χ1n) is 12.9. The fourth-order valence-electron chi connectivity index (χ4n) is 5.46. The standard InChI is InChI=1S/C28H37ClN2O8/c1-15-8-7-9-22(37-6)28(35)14-20(38-26(34)30-28)16(2)25-27(3,39-25)21(32)13-23(33)31(4)18-11-17(10-15)12-19(36-5)24(18)29/h7-9,11-12,16,20-22,25,32,35H,10,13-14H2,1-6H3,(H,30,34)/b9-7+,15-8+/t16-,20+,21-,22-,25-,27+,28+/m1/s1. The van der Waals surface area contributed by atoms with Crippen LogP contribution in [-0.2, 0) is 25.4 Å². The van der Waals surface area contributed by atoms with Gasteiger partial charge in [0.15, 0.2) is 5.72 Å². The summed E-state index contributed by atoms with van der Waals surface area (Å²) in [5.41, 5.74) is -0.479. The monoisotopic (exact) mass is 564 g/mol. The number of halogens is 1. The Morgan fingerprint density at radius 3 is 2.64 bits per heavy atom. The Morgan fingerprint density at radius 1 is 1.26 bits per heavy atom. The number of methoxy groups -OCH3 is 2. The highest BCUT2D eigenvalue weighted by Gasteiger charge is 2.62. The van der Waals surface area contributed by atoms with Gasteiger partial charge in [-0.05, 0) is 38.0 Å². The summed E-state index contributed by atoms with van der Waals surface area (Å²) in [5.74, 6) is -0.323. The molecule has 1 aromatic carbocycles. The summed E-state index contributed by atoms with van der Waals surface area (Å²) < 4.78 is 22.4. The minimum atomic E-state index is -1.73. The largest absolute Gasteiger partial charge is 0.495 e. The van der Waals surface area contributed by atoms with Crippen molar-refractivity contribution < 1.29 is 38.7 Å². The number of benzene rings is 1. The molecule has 0 saturated carbocycles. The minimum Gasteiger partial charge on any atom is -0.495 e. The van der Waals surface area contributed by atoms with Crippen molar-refractivity contribution in [2.45, 2.75) is 75.8 Å². The van der Waals surface area contributed by atoms with Gasteiger partial charge in [0.05, 0.1) is 31.4 Å². The number of hydrogen-bond acceptors (Lipinski definition) is 8. The maximum absolute atomic E-state index is 13.3. The third-order valence-electron chi connectivity index (χ3n) is 7.98. The smallest absolute Gasteiger partial charge is 0.409 e. The zero-order valence-electron chi connectivity index (χ0n) is 23.1. The van der Waals surface area contributed by atoms with Crippen molar-refractivity contribution >= 4 is 29.3 Å². The summed E-state index contributed by atoms with van der Waals surface area (Å²) in [6.45, 7) is 5.48. The van der Waals surface area contributed by atoms with E-state index < -0.39 is 47.8 Å². The van der Waals surface area contributed by atoms with Gasteiger partial charge < -0.3 is 34.1 Å². The van der Waals surface area contributed by atoms with E-state index in [2.05, 4.69) is 5.32 Å². The molecule has 4 bridgehead atoms. The quantitative estimate of drug-likeness (QED) is 0.467. The van der Waals surface area contributed by atoms with Gasteiger partial charge in [-0.3, -0.25) is 10.1 Å². The van der Waals surface area contributed by atoms with E-state index in [9.17, 15) is 19.8 Å². The molecule has 0 radical (unpaired) electrons. The molecule has 4 rings (SSSR count). The number of rotatable bonds is 2. The Balaban J connectivity index is 1.74. The molecule has 0 aromatic heterocycles. The van der Waals surface area contributed by atoms with Crippen LogP contribution in [-0.4, -0.2) is 79.2 Å². The van der Waals surface area contributed by atoms with Gasteiger partial charge in [-0.15, -0.1) is 0 Å². The summed E-state index contributed by atoms with van der Waals surface area (Å²) in [6.07, 6.45) is 1.63. The van der Waals surface area contributed by atoms with Crippen LogP contribution >= 0.6 is 11.6 Å². The molecule has 2 fully saturated rings. The topological polar surface area (TPSA) is 130 Å². The van der Waals surface area contributed by atoms with E-state index in [1.54, 1.807) is 26.1 Å². The fraction of sp³-hybridized carbons (Fsp3) is 0.571. The van der Waals surface area contributed by atoms with Gasteiger partial charge in [-0.25, -0.2) is 4.79 Å². The second kappa shape index (κ2) is 11.1. The number of epoxide rings is 1. The molecule has 2 amide bonds. The highest BCUT2D eigenvalue weighted by atomic mass is 35.5. The second-order valence-electron chi connectivity index (χ2n) is 10.8. The Labute approximate surface area is 233 Å². The predicted molar refractivity (Wildman–Crippen MR) is 145 cm³/mol. The van der Waals surface area contributed by atoms with Crippen molar-refractivity contribution in [3.63, 3.8) is 0 Å². The number of carbonyl (C=O) groups excluding carboxylic acids is 2. The SMILES string of the molecule is COc1cc2cc(c1Cl)N(C)C(=O)C[C@@H](O)[C@]1(C)O[C@@H]1[C@H](C)[C@@H]1C[C@@](O)(NC(=O)O1)[C@H](OC)/C=C/C=C(\C)C2. The number of fused-ring (bicyclic) bond motifs is 5. The number of amides is 2. The van der Waals surface area contributed by atoms with Gasteiger partial charge >= 0.3 is 6.09 Å². The summed E-state index contributed by atoms with van der Waals surface area (Å²) in [6, 6.07) is 3.63. The van der Waals surface area contributed by atoms with Gasteiger partial charge in [-0.2, -0.15) is 0 Å². The molecule has 3 heterocycles. The van der Waals surface area contributed by atoms with Crippen molar-refractivity contribution in [1.82, 2.24) is 5.32 Å². The number of alkyl carbamates (subject to hydrolysis) is 1. The van der Waals surface area contributed by atoms with Crippen LogP contribution in [0.2, 0.25) is 5.02 Å². The highest BCUT2D eigenvalue weighted by Crippen LogP contribution is 2.48. The molecule has 0 spiro atoms. The fourth-order valence-corrected chi connectivity index (χ4v) is 5.78. The number of carbonyl (C=O) groups is 2. The first-order valence-corrected chi connectivity index (χ1v) is 13.3. The molecule has 39 heavy (non-hydrogen) atoms. The predicted octanol–water partition coefficient (Wildman–Crippen LogP) is 3.12. The minimum absolute atomic E-state index is 0.0310. The van der Waals surface area contributed by atoms with Gasteiger partial charge in [0, 0.05) is 26.5 Å². The number of nitrogens with one attached hydrogen (secondary N) is 1. The van der Waals surface area contributed by atoms with Crippen molar-refractivity contribution in [2.24, 2.45) is 5.92 Å². The number of hydrogen-bond donors (Lipinski definition) is 3. The summed E-state index contributed by atoms with van der Waals surface area (Å²) in [5, 5.41) is 25.3. The van der Waals surface area contributed by atoms with Crippen LogP contribution in [0.5, 0.6) is 5.75 Å². The maximum atomic E-state index is 13.3. The molecular weight excluding hydrogens is 528 g/mol. The maximum Gasteiger partial charge on any atom is 0.409 e. The Hall–Kier alpha value is -2.63. The van der Waals surface area contributed by atoms with Crippen LogP contribution in [0.3, 0.4) is 0 Å². The van der Waals surface area contributed by atoms with Gasteiger partial charge in [0.25, 0.3) is 0 Å². The van der Waals surface area contributed by atoms with Crippen molar-refractivity contribution in [3.05, 3.63) is 46.5 Å². The van der Waals surface area contributed by atoms with E-state index in [1.807, 2.05) is 32.1 Å². The zero-order valence-corrected chi connectivity index (χ0v) is 23.8. The molecule has 3 aliphatic rings. The number of allylic oxidation sites excluding steroid dienone is 3. The lowest BCUT2D eigenvalue weighted by Crippen LogP contribution is -2.63. The number of anilines is 1. The Bertz CT molecular complexity index is 1190. The number of aliphatic hydroxyl groups excluding tert-OH is 1. The molecule has 0 unspecified atom stereocenters. The van der Waals surface area contributed by atoms with E-state index in [-0.39, 0.29) is 23.8 Å². The summed E-state index contributed by atoms with van der Waals surface area (Å²) >= 11 is 6.58. The lowest BCUT2D eigenvalue weighted by molar-refractivity contribution is -0.142. The molecule has 3 N–H and O–H groups in total. The van der Waals surface area contributed by atoms with Crippen molar-refractivity contribution in [3.8, 4) is 5.75 Å². The molecule has 0 aliphatic carbocycles. The number of ether oxygens (including phenoxy) is 4. The van der Waals surface area contributed by atoms with Crippen LogP contribution in [0, 0.1) is 5.92 Å². The number of nitrogens with zero attached hydrogens (tertiary/aromatic N) is 1.